The highest BCUT2D eigenvalue weighted by molar-refractivity contribution is 6.13. The molecule has 12 heteroatoms. The van der Waals surface area contributed by atoms with Gasteiger partial charge >= 0.3 is 0 Å². The Labute approximate surface area is 295 Å². The average molecular weight is 693 g/mol. The standard InChI is InChI=1S/C39H41FN6O5/c1-24-36(39(49)46(30-20-41-43(3)22-30)28-9-11-31(47)12-10-28)25(2)42-37(24)32-18-34(40)35(50-4)19-33(32)38(48)45-21-27-8-6-5-7-26(27)17-29(45)23-44-13-15-51-16-14-44/h5-12,18-20,22,29,42,47H,13-17,21,23H2,1-4H3/t29-/m0/s1. The van der Waals surface area contributed by atoms with E-state index in [4.69, 9.17) is 9.47 Å². The van der Waals surface area contributed by atoms with Crippen LogP contribution in [0.25, 0.3) is 11.3 Å². The van der Waals surface area contributed by atoms with Crippen molar-refractivity contribution in [3.05, 3.63) is 112 Å². The molecule has 0 bridgehead atoms. The quantitative estimate of drug-likeness (QED) is 0.212. The number of aromatic hydroxyl groups is 1. The van der Waals surface area contributed by atoms with Crippen molar-refractivity contribution in [3.8, 4) is 22.8 Å². The first-order valence-electron chi connectivity index (χ1n) is 17.0. The highest BCUT2D eigenvalue weighted by Gasteiger charge is 2.35. The normalized spacial score (nSPS) is 16.2. The van der Waals surface area contributed by atoms with Crippen molar-refractivity contribution in [1.82, 2.24) is 24.6 Å². The van der Waals surface area contributed by atoms with E-state index < -0.39 is 5.82 Å². The van der Waals surface area contributed by atoms with E-state index in [0.29, 0.717) is 72.2 Å². The number of aryl methyl sites for hydroxylation is 2. The topological polar surface area (TPSA) is 116 Å². The van der Waals surface area contributed by atoms with E-state index in [1.807, 2.05) is 23.1 Å². The number of morpholine rings is 1. The number of aromatic nitrogens is 3. The van der Waals surface area contributed by atoms with Crippen LogP contribution in [0.5, 0.6) is 11.5 Å². The van der Waals surface area contributed by atoms with Gasteiger partial charge in [-0.15, -0.1) is 0 Å². The number of fused-ring (bicyclic) bond motifs is 1. The molecule has 1 saturated heterocycles. The summed E-state index contributed by atoms with van der Waals surface area (Å²) in [4.78, 5) is 38.5. The molecule has 2 amide bonds. The molecule has 0 aliphatic carbocycles. The molecule has 0 saturated carbocycles. The second kappa shape index (κ2) is 14.0. The predicted octanol–water partition coefficient (Wildman–Crippen LogP) is 5.76. The number of nitrogens with one attached hydrogen (secondary N) is 1. The third-order valence-electron chi connectivity index (χ3n) is 9.89. The number of halogens is 1. The number of H-pyrrole nitrogens is 1. The summed E-state index contributed by atoms with van der Waals surface area (Å²) >= 11 is 0. The highest BCUT2D eigenvalue weighted by Crippen LogP contribution is 2.38. The smallest absolute Gasteiger partial charge is 0.265 e. The highest BCUT2D eigenvalue weighted by atomic mass is 19.1. The number of benzene rings is 3. The number of aromatic amines is 1. The van der Waals surface area contributed by atoms with Gasteiger partial charge in [0.25, 0.3) is 11.8 Å². The molecule has 0 unspecified atom stereocenters. The van der Waals surface area contributed by atoms with Gasteiger partial charge in [0.05, 0.1) is 49.0 Å². The lowest BCUT2D eigenvalue weighted by atomic mass is 9.91. The molecule has 4 heterocycles. The molecule has 1 atom stereocenters. The monoisotopic (exact) mass is 692 g/mol. The van der Waals surface area contributed by atoms with Gasteiger partial charge in [0.1, 0.15) is 5.75 Å². The van der Waals surface area contributed by atoms with Crippen molar-refractivity contribution in [2.24, 2.45) is 7.05 Å². The molecule has 51 heavy (non-hydrogen) atoms. The van der Waals surface area contributed by atoms with Gasteiger partial charge in [-0.25, -0.2) is 4.39 Å². The number of phenols is 1. The third kappa shape index (κ3) is 6.60. The summed E-state index contributed by atoms with van der Waals surface area (Å²) in [6, 6.07) is 17.1. The number of phenolic OH excluding ortho intramolecular Hbond substituents is 1. The number of hydrogen-bond donors (Lipinski definition) is 2. The minimum Gasteiger partial charge on any atom is -0.508 e. The fraction of sp³-hybridized carbons (Fsp3) is 0.308. The number of rotatable bonds is 8. The van der Waals surface area contributed by atoms with Crippen LogP contribution in [0.2, 0.25) is 0 Å². The van der Waals surface area contributed by atoms with Gasteiger partial charge in [-0.05, 0) is 73.4 Å². The first-order valence-corrected chi connectivity index (χ1v) is 17.0. The van der Waals surface area contributed by atoms with Crippen molar-refractivity contribution < 1.29 is 28.6 Å². The molecule has 2 aromatic heterocycles. The van der Waals surface area contributed by atoms with Crippen LogP contribution < -0.4 is 9.64 Å². The first kappa shape index (κ1) is 34.0. The van der Waals surface area contributed by atoms with Crippen LogP contribution in [0.1, 0.15) is 43.1 Å². The summed E-state index contributed by atoms with van der Waals surface area (Å²) in [5.41, 5.74) is 5.86. The number of ether oxygens (including phenoxy) is 2. The summed E-state index contributed by atoms with van der Waals surface area (Å²) in [5.74, 6) is -1.21. The number of anilines is 2. The maximum absolute atomic E-state index is 15.6. The molecule has 2 aliphatic rings. The molecule has 0 radical (unpaired) electrons. The number of nitrogens with zero attached hydrogens (tertiary/aromatic N) is 5. The largest absolute Gasteiger partial charge is 0.508 e. The molecular formula is C39H41FN6O5. The Balaban J connectivity index is 1.31. The Bertz CT molecular complexity index is 2080. The van der Waals surface area contributed by atoms with Gasteiger partial charge in [0.2, 0.25) is 0 Å². The number of carbonyl (C=O) groups is 2. The van der Waals surface area contributed by atoms with E-state index in [1.54, 1.807) is 50.1 Å². The summed E-state index contributed by atoms with van der Waals surface area (Å²) in [6.07, 6.45) is 4.00. The van der Waals surface area contributed by atoms with Crippen LogP contribution in [0, 0.1) is 19.7 Å². The maximum Gasteiger partial charge on any atom is 0.265 e. The van der Waals surface area contributed by atoms with Gasteiger partial charge in [-0.1, -0.05) is 24.3 Å². The summed E-state index contributed by atoms with van der Waals surface area (Å²) in [7, 11) is 3.14. The van der Waals surface area contributed by atoms with E-state index in [1.165, 1.54) is 41.8 Å². The Morgan fingerprint density at radius 2 is 1.78 bits per heavy atom. The van der Waals surface area contributed by atoms with Crippen LogP contribution in [0.3, 0.4) is 0 Å². The van der Waals surface area contributed by atoms with Gasteiger partial charge in [0, 0.05) is 62.4 Å². The zero-order valence-corrected chi connectivity index (χ0v) is 29.1. The van der Waals surface area contributed by atoms with Crippen molar-refractivity contribution in [2.45, 2.75) is 32.9 Å². The molecule has 5 aromatic rings. The van der Waals surface area contributed by atoms with E-state index in [2.05, 4.69) is 21.0 Å². The van der Waals surface area contributed by atoms with Crippen LogP contribution in [-0.2, 0) is 24.8 Å². The Morgan fingerprint density at radius 1 is 1.06 bits per heavy atom. The maximum atomic E-state index is 15.6. The van der Waals surface area contributed by atoms with E-state index >= 15 is 4.39 Å². The number of hydrogen-bond acceptors (Lipinski definition) is 7. The Morgan fingerprint density at radius 3 is 2.47 bits per heavy atom. The lowest BCUT2D eigenvalue weighted by Gasteiger charge is -2.40. The predicted molar refractivity (Wildman–Crippen MR) is 191 cm³/mol. The molecule has 2 aliphatic heterocycles. The van der Waals surface area contributed by atoms with E-state index in [9.17, 15) is 14.7 Å². The van der Waals surface area contributed by atoms with Crippen LogP contribution in [-0.4, -0.2) is 87.5 Å². The average Bonchev–Trinajstić information content (AvgIpc) is 3.69. The SMILES string of the molecule is COc1cc(C(=O)N2Cc3ccccc3C[C@H]2CN2CCOCC2)c(-c2[nH]c(C)c(C(=O)N(c3ccc(O)cc3)c3cnn(C)c3)c2C)cc1F. The molecule has 264 valence electrons. The van der Waals surface area contributed by atoms with Crippen LogP contribution in [0.4, 0.5) is 15.8 Å². The molecule has 11 nitrogen and oxygen atoms in total. The zero-order valence-electron chi connectivity index (χ0n) is 29.1. The van der Waals surface area contributed by atoms with Gasteiger partial charge in [-0.3, -0.25) is 24.1 Å². The zero-order chi connectivity index (χ0) is 35.8. The molecule has 3 aromatic carbocycles. The molecule has 7 rings (SSSR count). The molecule has 0 spiro atoms. The minimum atomic E-state index is -0.626. The van der Waals surface area contributed by atoms with Crippen molar-refractivity contribution in [3.63, 3.8) is 0 Å². The third-order valence-corrected chi connectivity index (χ3v) is 9.89. The summed E-state index contributed by atoms with van der Waals surface area (Å²) < 4.78 is 28.2. The molecule has 2 N–H and O–H groups in total. The van der Waals surface area contributed by atoms with Gasteiger partial charge in [-0.2, -0.15) is 5.10 Å². The molecule has 1 fully saturated rings. The number of methoxy groups -OCH3 is 1. The second-order valence-corrected chi connectivity index (χ2v) is 13.2. The van der Waals surface area contributed by atoms with Crippen molar-refractivity contribution >= 4 is 23.2 Å². The van der Waals surface area contributed by atoms with Crippen molar-refractivity contribution in [2.75, 3.05) is 44.9 Å². The van der Waals surface area contributed by atoms with E-state index in [-0.39, 0.29) is 34.9 Å². The molecular weight excluding hydrogens is 651 g/mol. The summed E-state index contributed by atoms with van der Waals surface area (Å²) in [6.45, 7) is 7.52. The van der Waals surface area contributed by atoms with Crippen molar-refractivity contribution in [1.29, 1.82) is 0 Å². The fourth-order valence-corrected chi connectivity index (χ4v) is 7.28. The number of carbonyl (C=O) groups excluding carboxylic acids is 2. The van der Waals surface area contributed by atoms with Gasteiger partial charge in [0.15, 0.2) is 11.6 Å². The second-order valence-electron chi connectivity index (χ2n) is 13.2. The lowest BCUT2D eigenvalue weighted by molar-refractivity contribution is 0.0193. The van der Waals surface area contributed by atoms with E-state index in [0.717, 1.165) is 18.7 Å². The Hall–Kier alpha value is -5.46. The van der Waals surface area contributed by atoms with Crippen LogP contribution >= 0.6 is 0 Å². The fourth-order valence-electron chi connectivity index (χ4n) is 7.28. The Kier molecular flexibility index (Phi) is 9.37. The summed E-state index contributed by atoms with van der Waals surface area (Å²) in [5, 5.41) is 14.2. The van der Waals surface area contributed by atoms with Gasteiger partial charge < -0.3 is 24.5 Å². The first-order chi connectivity index (χ1) is 24.6. The lowest BCUT2D eigenvalue weighted by Crippen LogP contribution is -2.52. The van der Waals surface area contributed by atoms with Crippen LogP contribution in [0.15, 0.2) is 73.1 Å². The number of amides is 2. The minimum absolute atomic E-state index is 0.0449.